The summed E-state index contributed by atoms with van der Waals surface area (Å²) in [4.78, 5) is 33.6. The number of pyridine rings is 1. The molecule has 0 atom stereocenters. The Bertz CT molecular complexity index is 1240. The van der Waals surface area contributed by atoms with Gasteiger partial charge in [-0.1, -0.05) is 17.4 Å². The minimum absolute atomic E-state index is 0.152. The van der Waals surface area contributed by atoms with Gasteiger partial charge in [0.25, 0.3) is 5.91 Å². The molecule has 0 radical (unpaired) electrons. The first-order valence-electron chi connectivity index (χ1n) is 9.23. The maximum absolute atomic E-state index is 13.2. The summed E-state index contributed by atoms with van der Waals surface area (Å²) in [5, 5.41) is 11.4. The number of carbonyl (C=O) groups excluding carboxylic acids is 1. The molecule has 1 aliphatic rings. The van der Waals surface area contributed by atoms with Crippen LogP contribution < -0.4 is 14.4 Å². The molecule has 0 N–H and O–H groups in total. The first-order chi connectivity index (χ1) is 15.1. The van der Waals surface area contributed by atoms with Crippen LogP contribution in [0, 0.1) is 10.1 Å². The number of nitro groups is 1. The van der Waals surface area contributed by atoms with Crippen molar-refractivity contribution >= 4 is 38.5 Å². The van der Waals surface area contributed by atoms with Crippen LogP contribution in [-0.2, 0) is 6.54 Å². The molecule has 4 heterocycles. The molecular weight excluding hydrogens is 424 g/mol. The zero-order chi connectivity index (χ0) is 21.4. The lowest BCUT2D eigenvalue weighted by atomic mass is 10.2. The highest BCUT2D eigenvalue weighted by Crippen LogP contribution is 2.39. The van der Waals surface area contributed by atoms with Crippen LogP contribution in [0.2, 0.25) is 0 Å². The smallest absolute Gasteiger partial charge is 0.433 e. The van der Waals surface area contributed by atoms with Gasteiger partial charge in [0.2, 0.25) is 0 Å². The van der Waals surface area contributed by atoms with Crippen LogP contribution in [0.3, 0.4) is 0 Å². The van der Waals surface area contributed by atoms with Gasteiger partial charge in [-0.05, 0) is 17.7 Å². The normalized spacial score (nSPS) is 12.6. The second-order valence-electron chi connectivity index (χ2n) is 6.61. The average molecular weight is 438 g/mol. The average Bonchev–Trinajstić information content (AvgIpc) is 3.43. The first-order valence-corrected chi connectivity index (χ1v) is 10.1. The highest BCUT2D eigenvalue weighted by molar-refractivity contribution is 7.22. The Balaban J connectivity index is 1.56. The van der Waals surface area contributed by atoms with E-state index in [0.29, 0.717) is 35.4 Å². The SMILES string of the molecule is O=C(c1ccc([N+](=O)[O-])o1)N(Cc1cccnc1)c1nc2cc3c(cc2s1)OCCO3. The van der Waals surface area contributed by atoms with Gasteiger partial charge >= 0.3 is 5.88 Å². The number of aromatic nitrogens is 2. The Labute approximate surface area is 178 Å². The van der Waals surface area contributed by atoms with Gasteiger partial charge in [0.1, 0.15) is 18.1 Å². The van der Waals surface area contributed by atoms with Gasteiger partial charge in [-0.3, -0.25) is 24.8 Å². The Kier molecular flexibility index (Phi) is 4.71. The zero-order valence-electron chi connectivity index (χ0n) is 15.9. The number of benzene rings is 1. The van der Waals surface area contributed by atoms with Crippen molar-refractivity contribution in [2.24, 2.45) is 0 Å². The summed E-state index contributed by atoms with van der Waals surface area (Å²) in [6.45, 7) is 1.08. The van der Waals surface area contributed by atoms with E-state index in [1.54, 1.807) is 24.5 Å². The maximum Gasteiger partial charge on any atom is 0.433 e. The molecule has 31 heavy (non-hydrogen) atoms. The van der Waals surface area contributed by atoms with Crippen LogP contribution >= 0.6 is 11.3 Å². The fraction of sp³-hybridized carbons (Fsp3) is 0.150. The number of rotatable bonds is 5. The molecule has 0 bridgehead atoms. The number of carbonyl (C=O) groups is 1. The van der Waals surface area contributed by atoms with E-state index in [1.165, 1.54) is 22.3 Å². The zero-order valence-corrected chi connectivity index (χ0v) is 16.7. The number of furan rings is 1. The van der Waals surface area contributed by atoms with Crippen molar-refractivity contribution in [3.8, 4) is 11.5 Å². The van der Waals surface area contributed by atoms with Crippen molar-refractivity contribution in [1.29, 1.82) is 0 Å². The number of hydrogen-bond donors (Lipinski definition) is 0. The van der Waals surface area contributed by atoms with Crippen LogP contribution in [0.5, 0.6) is 11.5 Å². The summed E-state index contributed by atoms with van der Waals surface area (Å²) < 4.78 is 17.2. The van der Waals surface area contributed by atoms with E-state index in [2.05, 4.69) is 9.97 Å². The first kappa shape index (κ1) is 19.0. The second-order valence-corrected chi connectivity index (χ2v) is 7.62. The highest BCUT2D eigenvalue weighted by Gasteiger charge is 2.27. The quantitative estimate of drug-likeness (QED) is 0.341. The van der Waals surface area contributed by atoms with Gasteiger partial charge in [-0.15, -0.1) is 0 Å². The molecule has 0 aliphatic carbocycles. The fourth-order valence-electron chi connectivity index (χ4n) is 3.14. The molecule has 4 aromatic rings. The third-order valence-corrected chi connectivity index (χ3v) is 5.60. The summed E-state index contributed by atoms with van der Waals surface area (Å²) in [6.07, 6.45) is 3.27. The summed E-state index contributed by atoms with van der Waals surface area (Å²) in [5.41, 5.74) is 1.42. The number of ether oxygens (including phenoxy) is 2. The molecule has 10 nitrogen and oxygen atoms in total. The standard InChI is InChI=1S/C20H14N4O6S/c25-19(14-3-4-18(30-14)24(26)27)23(11-12-2-1-5-21-10-12)20-22-13-8-15-16(9-17(13)31-20)29-7-6-28-15/h1-5,8-10H,6-7,11H2. The van der Waals surface area contributed by atoms with Crippen LogP contribution in [0.1, 0.15) is 16.1 Å². The second kappa shape index (κ2) is 7.69. The summed E-state index contributed by atoms with van der Waals surface area (Å²) in [6, 6.07) is 9.62. The van der Waals surface area contributed by atoms with Crippen molar-refractivity contribution in [2.45, 2.75) is 6.54 Å². The van der Waals surface area contributed by atoms with E-state index in [-0.39, 0.29) is 12.3 Å². The molecule has 0 unspecified atom stereocenters. The van der Waals surface area contributed by atoms with Crippen molar-refractivity contribution in [1.82, 2.24) is 9.97 Å². The largest absolute Gasteiger partial charge is 0.486 e. The van der Waals surface area contributed by atoms with Gasteiger partial charge in [0, 0.05) is 24.5 Å². The summed E-state index contributed by atoms with van der Waals surface area (Å²) in [7, 11) is 0. The molecule has 1 aromatic carbocycles. The van der Waals surface area contributed by atoms with Crippen LogP contribution in [0.4, 0.5) is 11.0 Å². The van der Waals surface area contributed by atoms with E-state index in [9.17, 15) is 14.9 Å². The molecule has 1 aliphatic heterocycles. The molecule has 0 saturated heterocycles. The van der Waals surface area contributed by atoms with E-state index in [4.69, 9.17) is 13.9 Å². The van der Waals surface area contributed by atoms with Crippen molar-refractivity contribution in [2.75, 3.05) is 18.1 Å². The Hall–Kier alpha value is -3.99. The highest BCUT2D eigenvalue weighted by atomic mass is 32.1. The Morgan fingerprint density at radius 1 is 1.19 bits per heavy atom. The minimum atomic E-state index is -0.690. The van der Waals surface area contributed by atoms with Crippen LogP contribution in [0.25, 0.3) is 10.2 Å². The topological polar surface area (TPSA) is 121 Å². The van der Waals surface area contributed by atoms with Gasteiger partial charge in [0.15, 0.2) is 22.4 Å². The van der Waals surface area contributed by atoms with E-state index < -0.39 is 16.7 Å². The molecule has 5 rings (SSSR count). The number of thiazole rings is 1. The molecule has 0 spiro atoms. The maximum atomic E-state index is 13.2. The van der Waals surface area contributed by atoms with Crippen LogP contribution in [0.15, 0.2) is 53.2 Å². The van der Waals surface area contributed by atoms with Gasteiger partial charge in [-0.2, -0.15) is 0 Å². The monoisotopic (exact) mass is 438 g/mol. The van der Waals surface area contributed by atoms with E-state index in [0.717, 1.165) is 16.3 Å². The minimum Gasteiger partial charge on any atom is -0.486 e. The van der Waals surface area contributed by atoms with Crippen molar-refractivity contribution in [3.63, 3.8) is 0 Å². The Morgan fingerprint density at radius 2 is 2.00 bits per heavy atom. The molecular formula is C20H14N4O6S. The molecule has 0 fully saturated rings. The molecule has 11 heteroatoms. The molecule has 3 aromatic heterocycles. The number of anilines is 1. The molecule has 1 amide bonds. The number of fused-ring (bicyclic) bond motifs is 2. The predicted octanol–water partition coefficient (Wildman–Crippen LogP) is 3.81. The predicted molar refractivity (Wildman–Crippen MR) is 111 cm³/mol. The number of amides is 1. The fourth-order valence-corrected chi connectivity index (χ4v) is 4.12. The third kappa shape index (κ3) is 3.66. The summed E-state index contributed by atoms with van der Waals surface area (Å²) >= 11 is 1.30. The van der Waals surface area contributed by atoms with Gasteiger partial charge in [0.05, 0.1) is 22.8 Å². The molecule has 156 valence electrons. The van der Waals surface area contributed by atoms with Crippen molar-refractivity contribution in [3.05, 3.63) is 70.2 Å². The number of nitrogens with zero attached hydrogens (tertiary/aromatic N) is 4. The lowest BCUT2D eigenvalue weighted by molar-refractivity contribution is -0.402. The lowest BCUT2D eigenvalue weighted by Gasteiger charge is -2.18. The summed E-state index contributed by atoms with van der Waals surface area (Å²) in [5.74, 6) is 0.0215. The van der Waals surface area contributed by atoms with Crippen LogP contribution in [-0.4, -0.2) is 34.0 Å². The Morgan fingerprint density at radius 3 is 2.71 bits per heavy atom. The van der Waals surface area contributed by atoms with E-state index in [1.807, 2.05) is 12.1 Å². The molecule has 0 saturated carbocycles. The lowest BCUT2D eigenvalue weighted by Crippen LogP contribution is -2.30. The van der Waals surface area contributed by atoms with Gasteiger partial charge < -0.3 is 13.9 Å². The third-order valence-electron chi connectivity index (χ3n) is 4.56. The van der Waals surface area contributed by atoms with E-state index >= 15 is 0 Å². The van der Waals surface area contributed by atoms with Gasteiger partial charge in [-0.25, -0.2) is 4.98 Å². The number of hydrogen-bond acceptors (Lipinski definition) is 9. The van der Waals surface area contributed by atoms with Crippen molar-refractivity contribution < 1.29 is 23.6 Å².